The average molecular weight is 342 g/mol. The maximum atomic E-state index is 12.1. The minimum Gasteiger partial charge on any atom is -0.544 e. The Kier molecular flexibility index (Phi) is 5.76. The van der Waals surface area contributed by atoms with E-state index >= 15 is 0 Å². The maximum Gasteiger partial charge on any atom is 1.00 e. The van der Waals surface area contributed by atoms with E-state index in [1.807, 2.05) is 4.72 Å². The van der Waals surface area contributed by atoms with Crippen molar-refractivity contribution in [3.63, 3.8) is 0 Å². The van der Waals surface area contributed by atoms with Crippen LogP contribution in [0.1, 0.15) is 12.8 Å². The zero-order valence-corrected chi connectivity index (χ0v) is 14.4. The molecular formula is C10H11N2NaO8S. The fourth-order valence-electron chi connectivity index (χ4n) is 1.97. The number of cyclic esters (lactones) is 1. The summed E-state index contributed by atoms with van der Waals surface area (Å²) in [6, 6.07) is -1.34. The molecule has 116 valence electrons. The first kappa shape index (κ1) is 19.1. The predicted molar refractivity (Wildman–Crippen MR) is 61.9 cm³/mol. The molecule has 0 bridgehead atoms. The van der Waals surface area contributed by atoms with Gasteiger partial charge in [-0.25, -0.2) is 8.42 Å². The van der Waals surface area contributed by atoms with E-state index in [0.717, 1.165) is 0 Å². The fraction of sp³-hybridized carbons (Fsp3) is 0.500. The molecule has 2 atom stereocenters. The first-order valence-electron chi connectivity index (χ1n) is 5.77. The number of hydroxylamine groups is 2. The van der Waals surface area contributed by atoms with Gasteiger partial charge in [0.2, 0.25) is 10.0 Å². The van der Waals surface area contributed by atoms with Crippen molar-refractivity contribution < 1.29 is 67.0 Å². The van der Waals surface area contributed by atoms with Crippen LogP contribution in [0.2, 0.25) is 0 Å². The zero-order chi connectivity index (χ0) is 15.8. The molecule has 12 heteroatoms. The van der Waals surface area contributed by atoms with E-state index in [1.54, 1.807) is 0 Å². The number of amides is 1. The van der Waals surface area contributed by atoms with Crippen molar-refractivity contribution in [2.75, 3.05) is 6.61 Å². The SMILES string of the molecule is C=CS(=O)(=O)N[C@H]1CON(C2(C(=O)[O-])CCC(=O)O2)C1=O.[Na+]. The summed E-state index contributed by atoms with van der Waals surface area (Å²) in [5.74, 6) is -3.65. The second-order valence-electron chi connectivity index (χ2n) is 4.36. The number of carboxylic acids is 1. The van der Waals surface area contributed by atoms with Crippen LogP contribution in [0.15, 0.2) is 12.0 Å². The van der Waals surface area contributed by atoms with E-state index in [9.17, 15) is 27.9 Å². The third-order valence-electron chi connectivity index (χ3n) is 2.99. The van der Waals surface area contributed by atoms with E-state index in [4.69, 9.17) is 4.84 Å². The van der Waals surface area contributed by atoms with E-state index in [-0.39, 0.29) is 42.4 Å². The second kappa shape index (κ2) is 6.64. The smallest absolute Gasteiger partial charge is 0.544 e. The van der Waals surface area contributed by atoms with Gasteiger partial charge in [0.25, 0.3) is 11.6 Å². The number of ether oxygens (including phenoxy) is 1. The van der Waals surface area contributed by atoms with Crippen LogP contribution in [-0.4, -0.2) is 49.7 Å². The molecule has 1 amide bonds. The van der Waals surface area contributed by atoms with E-state index < -0.39 is 46.2 Å². The summed E-state index contributed by atoms with van der Waals surface area (Å²) in [6.07, 6.45) is -0.578. The van der Waals surface area contributed by atoms with Gasteiger partial charge in [-0.15, -0.1) is 0 Å². The van der Waals surface area contributed by atoms with Crippen LogP contribution in [0.25, 0.3) is 0 Å². The Morgan fingerprint density at radius 1 is 1.50 bits per heavy atom. The third-order valence-corrected chi connectivity index (χ3v) is 4.04. The van der Waals surface area contributed by atoms with Gasteiger partial charge >= 0.3 is 35.5 Å². The van der Waals surface area contributed by atoms with Crippen molar-refractivity contribution in [3.05, 3.63) is 12.0 Å². The van der Waals surface area contributed by atoms with Gasteiger partial charge in [-0.05, 0) is 0 Å². The number of carboxylic acid groups (broad SMARTS) is 1. The Bertz CT molecular complexity index is 620. The van der Waals surface area contributed by atoms with Crippen LogP contribution in [0, 0.1) is 0 Å². The van der Waals surface area contributed by atoms with E-state index in [2.05, 4.69) is 11.3 Å². The van der Waals surface area contributed by atoms with Gasteiger partial charge in [-0.3, -0.25) is 14.4 Å². The number of sulfonamides is 1. The van der Waals surface area contributed by atoms with Gasteiger partial charge < -0.3 is 14.6 Å². The number of carbonyl (C=O) groups excluding carboxylic acids is 3. The number of nitrogens with zero attached hydrogens (tertiary/aromatic N) is 1. The molecule has 2 rings (SSSR count). The number of carbonyl (C=O) groups is 3. The normalized spacial score (nSPS) is 28.2. The Hall–Kier alpha value is -0.980. The molecule has 2 aliphatic rings. The first-order valence-corrected chi connectivity index (χ1v) is 7.31. The number of esters is 1. The molecule has 10 nitrogen and oxygen atoms in total. The number of aliphatic carboxylic acids is 1. The quantitative estimate of drug-likeness (QED) is 0.384. The van der Waals surface area contributed by atoms with Crippen molar-refractivity contribution in [2.45, 2.75) is 24.6 Å². The topological polar surface area (TPSA) is 142 Å². The summed E-state index contributed by atoms with van der Waals surface area (Å²) < 4.78 is 29.3. The largest absolute Gasteiger partial charge is 1.00 e. The van der Waals surface area contributed by atoms with Crippen molar-refractivity contribution in [3.8, 4) is 0 Å². The number of nitrogens with one attached hydrogen (secondary N) is 1. The van der Waals surface area contributed by atoms with Crippen LogP contribution in [0.4, 0.5) is 0 Å². The third kappa shape index (κ3) is 3.34. The van der Waals surface area contributed by atoms with Gasteiger partial charge in [0.05, 0.1) is 6.42 Å². The first-order chi connectivity index (χ1) is 9.72. The summed E-state index contributed by atoms with van der Waals surface area (Å²) in [7, 11) is -3.92. The van der Waals surface area contributed by atoms with Gasteiger partial charge in [0.15, 0.2) is 0 Å². The molecule has 2 aliphatic heterocycles. The minimum atomic E-state index is -3.92. The van der Waals surface area contributed by atoms with Crippen LogP contribution in [0.5, 0.6) is 0 Å². The molecule has 2 saturated heterocycles. The van der Waals surface area contributed by atoms with Gasteiger partial charge in [0, 0.05) is 11.8 Å². The van der Waals surface area contributed by atoms with Crippen molar-refractivity contribution in [1.29, 1.82) is 0 Å². The fourth-order valence-corrected chi connectivity index (χ4v) is 2.63. The number of hydrogen-bond donors (Lipinski definition) is 1. The summed E-state index contributed by atoms with van der Waals surface area (Å²) in [4.78, 5) is 39.3. The molecule has 0 radical (unpaired) electrons. The summed E-state index contributed by atoms with van der Waals surface area (Å²) in [6.45, 7) is 2.61. The minimum absolute atomic E-state index is 0. The zero-order valence-electron chi connectivity index (χ0n) is 11.6. The van der Waals surface area contributed by atoms with Crippen LogP contribution in [0.3, 0.4) is 0 Å². The molecule has 2 fully saturated rings. The molecule has 0 aliphatic carbocycles. The molecule has 0 aromatic carbocycles. The molecule has 22 heavy (non-hydrogen) atoms. The molecule has 1 unspecified atom stereocenters. The number of hydrogen-bond acceptors (Lipinski definition) is 8. The van der Waals surface area contributed by atoms with Gasteiger partial charge in [-0.2, -0.15) is 9.79 Å². The maximum absolute atomic E-state index is 12.1. The average Bonchev–Trinajstić information content (AvgIpc) is 2.95. The Labute approximate surface area is 147 Å². The second-order valence-corrected chi connectivity index (χ2v) is 6.02. The molecule has 0 aromatic rings. The molecule has 0 saturated carbocycles. The Morgan fingerprint density at radius 3 is 2.59 bits per heavy atom. The van der Waals surface area contributed by atoms with E-state index in [1.165, 1.54) is 0 Å². The molecule has 0 spiro atoms. The molecular weight excluding hydrogens is 331 g/mol. The number of rotatable bonds is 5. The van der Waals surface area contributed by atoms with Crippen molar-refractivity contribution in [2.24, 2.45) is 0 Å². The van der Waals surface area contributed by atoms with Gasteiger partial charge in [-0.1, -0.05) is 6.58 Å². The van der Waals surface area contributed by atoms with Crippen LogP contribution in [-0.2, 0) is 34.0 Å². The van der Waals surface area contributed by atoms with Crippen molar-refractivity contribution in [1.82, 2.24) is 9.79 Å². The Balaban J connectivity index is 0.00000242. The summed E-state index contributed by atoms with van der Waals surface area (Å²) in [5, 5.41) is 12.2. The molecule has 2 heterocycles. The standard InChI is InChI=1S/C10H12N2O8S.Na/c1-2-21(17,18)11-6-5-19-12(8(6)14)10(9(15)16)4-3-7(13)20-10;/h2,6,11H,1,3-5H2,(H,15,16);/q;+1/p-1/t6-,10?;/m0./s1. The monoisotopic (exact) mass is 342 g/mol. The van der Waals surface area contributed by atoms with Gasteiger partial charge in [0.1, 0.15) is 18.6 Å². The molecule has 0 aromatic heterocycles. The molecule has 1 N–H and O–H groups in total. The Morgan fingerprint density at radius 2 is 2.14 bits per heavy atom. The van der Waals surface area contributed by atoms with E-state index in [0.29, 0.717) is 10.5 Å². The van der Waals surface area contributed by atoms with Crippen LogP contribution < -0.4 is 39.4 Å². The predicted octanol–water partition coefficient (Wildman–Crippen LogP) is -6.02. The van der Waals surface area contributed by atoms with Crippen molar-refractivity contribution >= 4 is 27.9 Å². The summed E-state index contributed by atoms with van der Waals surface area (Å²) >= 11 is 0. The summed E-state index contributed by atoms with van der Waals surface area (Å²) in [5.41, 5.74) is -2.37. The van der Waals surface area contributed by atoms with Crippen LogP contribution >= 0.6 is 0 Å².